The summed E-state index contributed by atoms with van der Waals surface area (Å²) in [6.45, 7) is 23.6. The van der Waals surface area contributed by atoms with E-state index in [0.717, 1.165) is 0 Å². The minimum absolute atomic E-state index is 0.0336. The number of rotatable bonds is 14. The third-order valence-electron chi connectivity index (χ3n) is 4.22. The molecule has 0 radical (unpaired) electrons. The van der Waals surface area contributed by atoms with Crippen LogP contribution in [0.3, 0.4) is 0 Å². The molecule has 0 aliphatic carbocycles. The lowest BCUT2D eigenvalue weighted by Crippen LogP contribution is -2.68. The molecule has 30 heavy (non-hydrogen) atoms. The van der Waals surface area contributed by atoms with Gasteiger partial charge in [-0.2, -0.15) is 0 Å². The summed E-state index contributed by atoms with van der Waals surface area (Å²) in [5.74, 6) is -1.16. The Bertz CT molecular complexity index is 552. The van der Waals surface area contributed by atoms with Gasteiger partial charge in [-0.3, -0.25) is 0 Å². The van der Waals surface area contributed by atoms with Crippen molar-refractivity contribution in [1.29, 1.82) is 0 Å². The van der Waals surface area contributed by atoms with Gasteiger partial charge in [0.25, 0.3) is 0 Å². The summed E-state index contributed by atoms with van der Waals surface area (Å²) in [6, 6.07) is 0. The Morgan fingerprint density at radius 2 is 1.30 bits per heavy atom. The largest absolute Gasteiger partial charge is 0.481 e. The van der Waals surface area contributed by atoms with E-state index in [4.69, 9.17) is 12.3 Å². The molecule has 3 N–H and O–H groups in total. The number of carbonyl (C=O) groups is 1. The van der Waals surface area contributed by atoms with Crippen molar-refractivity contribution in [1.82, 2.24) is 0 Å². The van der Waals surface area contributed by atoms with Crippen molar-refractivity contribution >= 4 is 39.7 Å². The number of hydrogen-bond acceptors (Lipinski definition) is 6. The number of carboxylic acid groups (broad SMARTS) is 1. The lowest BCUT2D eigenvalue weighted by atomic mass is 9.88. The maximum absolute atomic E-state index is 12.3. The normalized spacial score (nSPS) is 16.8. The zero-order valence-electron chi connectivity index (χ0n) is 20.6. The highest BCUT2D eigenvalue weighted by atomic mass is 28.5. The van der Waals surface area contributed by atoms with E-state index in [2.05, 4.69) is 6.58 Å². The van der Waals surface area contributed by atoms with E-state index in [0.29, 0.717) is 12.8 Å². The highest BCUT2D eigenvalue weighted by molar-refractivity contribution is 6.91. The van der Waals surface area contributed by atoms with Crippen molar-refractivity contribution in [2.24, 2.45) is 0 Å². The zero-order valence-corrected chi connectivity index (χ0v) is 24.6. The molecule has 0 saturated heterocycles. The lowest BCUT2D eigenvalue weighted by molar-refractivity contribution is -0.133. The summed E-state index contributed by atoms with van der Waals surface area (Å²) in [5, 5.41) is 29.0. The first-order valence-corrected chi connectivity index (χ1v) is 22.5. The fraction of sp³-hybridized carbons (Fsp3) is 0.842. The molecular weight excluding hydrogens is 453 g/mol. The fourth-order valence-corrected chi connectivity index (χ4v) is 18.7. The molecule has 0 fully saturated rings. The van der Waals surface area contributed by atoms with Crippen LogP contribution in [0.5, 0.6) is 0 Å². The second-order valence-corrected chi connectivity index (χ2v) is 28.0. The number of carboxylic acids is 1. The Morgan fingerprint density at radius 3 is 1.53 bits per heavy atom. The van der Waals surface area contributed by atoms with Gasteiger partial charge >= 0.3 is 14.8 Å². The molecule has 0 aliphatic rings. The van der Waals surface area contributed by atoms with Crippen LogP contribution in [0.1, 0.15) is 26.2 Å². The van der Waals surface area contributed by atoms with Crippen LogP contribution in [0, 0.1) is 0 Å². The molecular formula is C19H44O7Si4. The Morgan fingerprint density at radius 1 is 0.933 bits per heavy atom. The Hall–Kier alpha value is -0.122. The Labute approximate surface area is 187 Å². The average molecular weight is 497 g/mol. The molecule has 0 heterocycles. The summed E-state index contributed by atoms with van der Waals surface area (Å²) >= 11 is 0. The van der Waals surface area contributed by atoms with Gasteiger partial charge in [-0.1, -0.05) is 19.9 Å². The van der Waals surface area contributed by atoms with E-state index in [-0.39, 0.29) is 12.0 Å². The van der Waals surface area contributed by atoms with Gasteiger partial charge in [-0.25, -0.2) is 4.79 Å². The smallest absolute Gasteiger partial charge is 0.478 e. The third-order valence-corrected chi connectivity index (χ3v) is 16.7. The molecule has 0 aromatic rings. The quantitative estimate of drug-likeness (QED) is 0.242. The van der Waals surface area contributed by atoms with E-state index in [9.17, 15) is 20.1 Å². The van der Waals surface area contributed by atoms with Gasteiger partial charge < -0.3 is 27.7 Å². The van der Waals surface area contributed by atoms with Gasteiger partial charge in [0, 0.05) is 5.57 Å². The molecule has 0 spiro atoms. The SMILES string of the molecule is C=C(C(=O)O)C(CCC)(CC(O)CO)[Si](O[Si](C)(C)C)(O[Si](C)(C)C)O[Si](C)(C)C. The molecule has 0 amide bonds. The Balaban J connectivity index is 7.31. The number of aliphatic hydroxyl groups is 2. The molecule has 2 atom stereocenters. The van der Waals surface area contributed by atoms with Crippen molar-refractivity contribution in [2.45, 2.75) is 96.3 Å². The van der Waals surface area contributed by atoms with E-state index in [1.807, 2.05) is 65.8 Å². The van der Waals surface area contributed by atoms with E-state index >= 15 is 0 Å². The summed E-state index contributed by atoms with van der Waals surface area (Å²) in [6.07, 6.45) is -0.173. The third kappa shape index (κ3) is 8.79. The van der Waals surface area contributed by atoms with Gasteiger partial charge in [-0.05, 0) is 71.8 Å². The average Bonchev–Trinajstić information content (AvgIpc) is 2.47. The van der Waals surface area contributed by atoms with E-state index < -0.39 is 57.5 Å². The first-order chi connectivity index (χ1) is 13.2. The molecule has 11 heteroatoms. The van der Waals surface area contributed by atoms with Crippen LogP contribution in [0.4, 0.5) is 0 Å². The molecule has 0 rings (SSSR count). The van der Waals surface area contributed by atoms with Crippen molar-refractivity contribution in [2.75, 3.05) is 6.61 Å². The van der Waals surface area contributed by atoms with Crippen molar-refractivity contribution in [3.05, 3.63) is 12.2 Å². The van der Waals surface area contributed by atoms with Gasteiger partial charge in [0.05, 0.1) is 17.7 Å². The summed E-state index contributed by atoms with van der Waals surface area (Å²) < 4.78 is 20.4. The molecule has 0 aromatic carbocycles. The maximum Gasteiger partial charge on any atom is 0.481 e. The van der Waals surface area contributed by atoms with Crippen molar-refractivity contribution < 1.29 is 32.5 Å². The molecule has 0 bridgehead atoms. The molecule has 0 aliphatic heterocycles. The van der Waals surface area contributed by atoms with Crippen LogP contribution >= 0.6 is 0 Å². The highest BCUT2D eigenvalue weighted by Gasteiger charge is 2.66. The van der Waals surface area contributed by atoms with Crippen LogP contribution in [0.2, 0.25) is 64.0 Å². The van der Waals surface area contributed by atoms with Crippen molar-refractivity contribution in [3.8, 4) is 0 Å². The summed E-state index contributed by atoms with van der Waals surface area (Å²) in [4.78, 5) is 12.3. The summed E-state index contributed by atoms with van der Waals surface area (Å²) in [5.41, 5.74) is -0.0710. The number of aliphatic carboxylic acids is 1. The number of hydrogen-bond donors (Lipinski definition) is 3. The van der Waals surface area contributed by atoms with Gasteiger partial charge in [0.1, 0.15) is 0 Å². The zero-order chi connectivity index (χ0) is 24.2. The van der Waals surface area contributed by atoms with Crippen LogP contribution < -0.4 is 0 Å². The topological polar surface area (TPSA) is 105 Å². The van der Waals surface area contributed by atoms with Crippen LogP contribution in [-0.2, 0) is 17.1 Å². The molecule has 0 aromatic heterocycles. The monoisotopic (exact) mass is 496 g/mol. The molecule has 2 unspecified atom stereocenters. The summed E-state index contributed by atoms with van der Waals surface area (Å²) in [7, 11) is -10.7. The van der Waals surface area contributed by atoms with Gasteiger partial charge in [-0.15, -0.1) is 0 Å². The maximum atomic E-state index is 12.3. The predicted molar refractivity (Wildman–Crippen MR) is 131 cm³/mol. The van der Waals surface area contributed by atoms with Crippen LogP contribution in [0.25, 0.3) is 0 Å². The second-order valence-electron chi connectivity index (χ2n) is 10.9. The van der Waals surface area contributed by atoms with Crippen LogP contribution in [-0.4, -0.2) is 67.8 Å². The van der Waals surface area contributed by atoms with E-state index in [1.165, 1.54) is 0 Å². The highest BCUT2D eigenvalue weighted by Crippen LogP contribution is 2.56. The van der Waals surface area contributed by atoms with Gasteiger partial charge in [0.15, 0.2) is 25.0 Å². The Kier molecular flexibility index (Phi) is 10.6. The van der Waals surface area contributed by atoms with E-state index in [1.54, 1.807) is 0 Å². The minimum Gasteiger partial charge on any atom is -0.478 e. The predicted octanol–water partition coefficient (Wildman–Crippen LogP) is 4.40. The van der Waals surface area contributed by atoms with Crippen LogP contribution in [0.15, 0.2) is 12.2 Å². The minimum atomic E-state index is -3.77. The fourth-order valence-electron chi connectivity index (χ4n) is 3.50. The van der Waals surface area contributed by atoms with Crippen molar-refractivity contribution in [3.63, 3.8) is 0 Å². The van der Waals surface area contributed by atoms with Gasteiger partial charge in [0.2, 0.25) is 0 Å². The second kappa shape index (κ2) is 10.7. The standard InChI is InChI=1S/C19H44O7Si4/c1-12-13-19(14-17(21)15-20,16(2)18(22)23)30(24-27(3,4)5,25-28(6,7)8)26-29(9,10)11/h17,20-21H,2,12-15H2,1,3-11H3,(H,22,23). The molecule has 7 nitrogen and oxygen atoms in total. The first kappa shape index (κ1) is 29.9. The number of aliphatic hydroxyl groups excluding tert-OH is 2. The molecule has 178 valence electrons. The molecule has 0 saturated carbocycles. The first-order valence-electron chi connectivity index (χ1n) is 10.6. The lowest BCUT2D eigenvalue weighted by Gasteiger charge is -2.53.